The van der Waals surface area contributed by atoms with E-state index in [1.807, 2.05) is 6.92 Å². The van der Waals surface area contributed by atoms with E-state index in [-0.39, 0.29) is 11.8 Å². The van der Waals surface area contributed by atoms with E-state index in [4.69, 9.17) is 5.73 Å². The normalized spacial score (nSPS) is 13.3. The Morgan fingerprint density at radius 2 is 2.07 bits per heavy atom. The summed E-state index contributed by atoms with van der Waals surface area (Å²) in [4.78, 5) is 16.3. The molecule has 14 heavy (non-hydrogen) atoms. The highest BCUT2D eigenvalue weighted by Crippen LogP contribution is 2.26. The zero-order valence-corrected chi connectivity index (χ0v) is 9.81. The molecule has 0 unspecified atom stereocenters. The van der Waals surface area contributed by atoms with Gasteiger partial charge in [-0.1, -0.05) is 13.8 Å². The van der Waals surface area contributed by atoms with Crippen LogP contribution in [0.15, 0.2) is 0 Å². The van der Waals surface area contributed by atoms with Gasteiger partial charge in [-0.2, -0.15) is 0 Å². The van der Waals surface area contributed by atoms with E-state index in [0.29, 0.717) is 5.92 Å². The molecule has 0 aliphatic heterocycles. The monoisotopic (exact) mass is 212 g/mol. The minimum absolute atomic E-state index is 0.0631. The highest BCUT2D eigenvalue weighted by Gasteiger charge is 2.18. The molecule has 3 nitrogen and oxygen atoms in total. The Labute approximate surface area is 88.3 Å². The van der Waals surface area contributed by atoms with Crippen molar-refractivity contribution < 1.29 is 4.79 Å². The molecule has 0 saturated carbocycles. The minimum atomic E-state index is -0.0631. The number of Topliss-reactive ketones (excluding diaryl/α,β-unsaturated/α-hetero) is 1. The second kappa shape index (κ2) is 4.19. The molecule has 4 heteroatoms. The molecular formula is C10H16N2OS. The Bertz CT molecular complexity index is 344. The van der Waals surface area contributed by atoms with Gasteiger partial charge in [0.1, 0.15) is 5.01 Å². The number of carbonyl (C=O) groups excluding carboxylic acids is 1. The Balaban J connectivity index is 3.02. The summed E-state index contributed by atoms with van der Waals surface area (Å²) in [5.41, 5.74) is 6.76. The number of nitrogens with two attached hydrogens (primary N) is 1. The summed E-state index contributed by atoms with van der Waals surface area (Å²) in [5.74, 6) is 0.419. The zero-order valence-electron chi connectivity index (χ0n) is 9.00. The SMILES string of the molecule is CC(=O)c1sc([C@@H](N)C(C)C)nc1C. The molecule has 0 aliphatic carbocycles. The van der Waals surface area contributed by atoms with Gasteiger partial charge in [0, 0.05) is 6.92 Å². The predicted molar refractivity (Wildman–Crippen MR) is 58.6 cm³/mol. The first-order chi connectivity index (χ1) is 6.43. The molecule has 0 aliphatic rings. The molecule has 0 spiro atoms. The number of aryl methyl sites for hydroxylation is 1. The van der Waals surface area contributed by atoms with E-state index in [2.05, 4.69) is 18.8 Å². The molecule has 1 atom stereocenters. The van der Waals surface area contributed by atoms with Crippen molar-refractivity contribution in [1.29, 1.82) is 0 Å². The van der Waals surface area contributed by atoms with E-state index in [9.17, 15) is 4.79 Å². The topological polar surface area (TPSA) is 56.0 Å². The molecule has 0 aromatic carbocycles. The van der Waals surface area contributed by atoms with Gasteiger partial charge in [-0.15, -0.1) is 11.3 Å². The fourth-order valence-corrected chi connectivity index (χ4v) is 2.31. The van der Waals surface area contributed by atoms with Crippen LogP contribution < -0.4 is 5.73 Å². The lowest BCUT2D eigenvalue weighted by Crippen LogP contribution is -2.16. The third kappa shape index (κ3) is 2.19. The molecule has 0 amide bonds. The van der Waals surface area contributed by atoms with E-state index >= 15 is 0 Å². The van der Waals surface area contributed by atoms with Crippen molar-refractivity contribution in [1.82, 2.24) is 4.98 Å². The maximum atomic E-state index is 11.2. The fourth-order valence-electron chi connectivity index (χ4n) is 1.17. The van der Waals surface area contributed by atoms with E-state index in [0.717, 1.165) is 15.6 Å². The molecule has 1 heterocycles. The van der Waals surface area contributed by atoms with Gasteiger partial charge in [0.2, 0.25) is 0 Å². The quantitative estimate of drug-likeness (QED) is 0.782. The first-order valence-corrected chi connectivity index (χ1v) is 5.49. The zero-order chi connectivity index (χ0) is 10.9. The maximum absolute atomic E-state index is 11.2. The second-order valence-corrected chi connectivity index (χ2v) is 4.82. The third-order valence-corrected chi connectivity index (χ3v) is 3.50. The Kier molecular flexibility index (Phi) is 3.39. The van der Waals surface area contributed by atoms with Crippen LogP contribution in [0.1, 0.15) is 47.2 Å². The van der Waals surface area contributed by atoms with Gasteiger partial charge >= 0.3 is 0 Å². The van der Waals surface area contributed by atoms with Crippen LogP contribution in [0.5, 0.6) is 0 Å². The van der Waals surface area contributed by atoms with Gasteiger partial charge in [-0.05, 0) is 12.8 Å². The van der Waals surface area contributed by atoms with Crippen molar-refractivity contribution in [2.45, 2.75) is 33.7 Å². The summed E-state index contributed by atoms with van der Waals surface area (Å²) < 4.78 is 0. The lowest BCUT2D eigenvalue weighted by Gasteiger charge is -2.11. The molecule has 1 rings (SSSR count). The second-order valence-electron chi connectivity index (χ2n) is 3.79. The lowest BCUT2D eigenvalue weighted by molar-refractivity contribution is 0.102. The standard InChI is InChI=1S/C10H16N2OS/c1-5(2)8(11)10-12-6(3)9(14-10)7(4)13/h5,8H,11H2,1-4H3/t8-/m0/s1. The molecule has 0 radical (unpaired) electrons. The largest absolute Gasteiger partial charge is 0.322 e. The van der Waals surface area contributed by atoms with Gasteiger partial charge in [0.25, 0.3) is 0 Å². The number of ketones is 1. The minimum Gasteiger partial charge on any atom is -0.322 e. The molecule has 0 bridgehead atoms. The molecule has 0 fully saturated rings. The number of thiazole rings is 1. The summed E-state index contributed by atoms with van der Waals surface area (Å²) in [7, 11) is 0. The summed E-state index contributed by atoms with van der Waals surface area (Å²) in [6, 6.07) is -0.0631. The van der Waals surface area contributed by atoms with E-state index in [1.54, 1.807) is 6.92 Å². The Morgan fingerprint density at radius 1 is 1.50 bits per heavy atom. The van der Waals surface area contributed by atoms with Gasteiger partial charge in [0.15, 0.2) is 5.78 Å². The first kappa shape index (κ1) is 11.3. The molecule has 1 aromatic rings. The number of aromatic nitrogens is 1. The Hall–Kier alpha value is -0.740. The molecule has 1 aromatic heterocycles. The Morgan fingerprint density at radius 3 is 2.43 bits per heavy atom. The van der Waals surface area contributed by atoms with E-state index in [1.165, 1.54) is 11.3 Å². The van der Waals surface area contributed by atoms with Crippen molar-refractivity contribution in [2.24, 2.45) is 11.7 Å². The van der Waals surface area contributed by atoms with Crippen LogP contribution in [0.4, 0.5) is 0 Å². The average Bonchev–Trinajstić information content (AvgIpc) is 2.45. The van der Waals surface area contributed by atoms with Gasteiger partial charge in [0.05, 0.1) is 16.6 Å². The maximum Gasteiger partial charge on any atom is 0.171 e. The summed E-state index contributed by atoms with van der Waals surface area (Å²) in [6.45, 7) is 7.51. The van der Waals surface area contributed by atoms with Crippen LogP contribution in [-0.2, 0) is 0 Å². The number of hydrogen-bond acceptors (Lipinski definition) is 4. The van der Waals surface area contributed by atoms with Gasteiger partial charge in [-0.3, -0.25) is 4.79 Å². The van der Waals surface area contributed by atoms with Crippen molar-refractivity contribution >= 4 is 17.1 Å². The van der Waals surface area contributed by atoms with Crippen molar-refractivity contribution in [3.8, 4) is 0 Å². The predicted octanol–water partition coefficient (Wildman–Crippen LogP) is 2.31. The van der Waals surface area contributed by atoms with Crippen LogP contribution in [0.2, 0.25) is 0 Å². The van der Waals surface area contributed by atoms with E-state index < -0.39 is 0 Å². The number of carbonyl (C=O) groups is 1. The third-order valence-electron chi connectivity index (χ3n) is 2.14. The van der Waals surface area contributed by atoms with Crippen LogP contribution >= 0.6 is 11.3 Å². The van der Waals surface area contributed by atoms with Gasteiger partial charge in [-0.25, -0.2) is 4.98 Å². The first-order valence-electron chi connectivity index (χ1n) is 4.67. The summed E-state index contributed by atoms with van der Waals surface area (Å²) in [6.07, 6.45) is 0. The highest BCUT2D eigenvalue weighted by atomic mass is 32.1. The summed E-state index contributed by atoms with van der Waals surface area (Å²) in [5, 5.41) is 0.864. The van der Waals surface area contributed by atoms with Crippen molar-refractivity contribution in [3.05, 3.63) is 15.6 Å². The van der Waals surface area contributed by atoms with Gasteiger partial charge < -0.3 is 5.73 Å². The smallest absolute Gasteiger partial charge is 0.171 e. The number of nitrogens with zero attached hydrogens (tertiary/aromatic N) is 1. The average molecular weight is 212 g/mol. The molecule has 2 N–H and O–H groups in total. The van der Waals surface area contributed by atoms with Crippen LogP contribution in [0, 0.1) is 12.8 Å². The molecule has 78 valence electrons. The van der Waals surface area contributed by atoms with Crippen molar-refractivity contribution in [2.75, 3.05) is 0 Å². The van der Waals surface area contributed by atoms with Crippen LogP contribution in [0.3, 0.4) is 0 Å². The molecular weight excluding hydrogens is 196 g/mol. The lowest BCUT2D eigenvalue weighted by atomic mass is 10.1. The number of rotatable bonds is 3. The van der Waals surface area contributed by atoms with Crippen molar-refractivity contribution in [3.63, 3.8) is 0 Å². The summed E-state index contributed by atoms with van der Waals surface area (Å²) >= 11 is 1.42. The number of hydrogen-bond donors (Lipinski definition) is 1. The fraction of sp³-hybridized carbons (Fsp3) is 0.600. The highest BCUT2D eigenvalue weighted by molar-refractivity contribution is 7.13. The molecule has 0 saturated heterocycles. The van der Waals surface area contributed by atoms with Crippen LogP contribution in [-0.4, -0.2) is 10.8 Å². The van der Waals surface area contributed by atoms with Crippen LogP contribution in [0.25, 0.3) is 0 Å².